The van der Waals surface area contributed by atoms with Crippen LogP contribution in [0, 0.1) is 0 Å². The molecular weight excluding hydrogens is 272 g/mol. The maximum Gasteiger partial charge on any atom is 0.323 e. The lowest BCUT2D eigenvalue weighted by atomic mass is 10.0. The molecule has 0 radical (unpaired) electrons. The molecule has 2 amide bonds. The molecule has 3 nitrogen and oxygen atoms in total. The molecule has 0 fully saturated rings. The third-order valence-electron chi connectivity index (χ3n) is 2.95. The second kappa shape index (κ2) is 6.44. The lowest BCUT2D eigenvalue weighted by molar-refractivity contribution is 0.262. The van der Waals surface area contributed by atoms with E-state index in [0.717, 1.165) is 11.3 Å². The number of amides is 2. The van der Waals surface area contributed by atoms with Crippen molar-refractivity contribution >= 4 is 29.0 Å². The number of halogens is 1. The Hall–Kier alpha value is -2.00. The van der Waals surface area contributed by atoms with Crippen molar-refractivity contribution in [1.82, 2.24) is 0 Å². The Morgan fingerprint density at radius 1 is 0.950 bits per heavy atom. The van der Waals surface area contributed by atoms with Gasteiger partial charge < -0.3 is 10.6 Å². The largest absolute Gasteiger partial charge is 0.323 e. The first kappa shape index (κ1) is 14.4. The number of anilines is 2. The molecule has 0 aromatic heterocycles. The van der Waals surface area contributed by atoms with Crippen LogP contribution in [0.15, 0.2) is 48.5 Å². The van der Waals surface area contributed by atoms with Crippen molar-refractivity contribution in [2.24, 2.45) is 0 Å². The Morgan fingerprint density at radius 2 is 1.50 bits per heavy atom. The summed E-state index contributed by atoms with van der Waals surface area (Å²) in [6.07, 6.45) is 0. The number of nitrogens with one attached hydrogen (secondary N) is 2. The molecule has 0 atom stereocenters. The summed E-state index contributed by atoms with van der Waals surface area (Å²) in [6.45, 7) is 4.18. The van der Waals surface area contributed by atoms with E-state index in [2.05, 4.69) is 24.5 Å². The van der Waals surface area contributed by atoms with Gasteiger partial charge in [-0.05, 0) is 29.7 Å². The van der Waals surface area contributed by atoms with Gasteiger partial charge in [0.1, 0.15) is 0 Å². The summed E-state index contributed by atoms with van der Waals surface area (Å²) in [5.41, 5.74) is 2.50. The molecule has 0 saturated heterocycles. The highest BCUT2D eigenvalue weighted by molar-refractivity contribution is 6.33. The van der Waals surface area contributed by atoms with Crippen LogP contribution in [0.1, 0.15) is 25.3 Å². The lowest BCUT2D eigenvalue weighted by Crippen LogP contribution is -2.20. The molecule has 2 N–H and O–H groups in total. The maximum atomic E-state index is 12.0. The van der Waals surface area contributed by atoms with E-state index in [4.69, 9.17) is 11.6 Å². The van der Waals surface area contributed by atoms with Crippen LogP contribution >= 0.6 is 11.6 Å². The predicted molar refractivity (Wildman–Crippen MR) is 84.6 cm³/mol. The fourth-order valence-electron chi connectivity index (χ4n) is 1.95. The first-order valence-electron chi connectivity index (χ1n) is 6.49. The topological polar surface area (TPSA) is 41.1 Å². The zero-order chi connectivity index (χ0) is 14.5. The zero-order valence-electron chi connectivity index (χ0n) is 11.5. The summed E-state index contributed by atoms with van der Waals surface area (Å²) in [5.74, 6) is 0.340. The second-order valence-corrected chi connectivity index (χ2v) is 5.21. The van der Waals surface area contributed by atoms with E-state index in [-0.39, 0.29) is 6.03 Å². The molecule has 2 aromatic rings. The van der Waals surface area contributed by atoms with Crippen LogP contribution in [0.4, 0.5) is 16.2 Å². The van der Waals surface area contributed by atoms with E-state index in [9.17, 15) is 4.79 Å². The first-order chi connectivity index (χ1) is 9.58. The summed E-state index contributed by atoms with van der Waals surface area (Å²) in [6, 6.07) is 14.6. The zero-order valence-corrected chi connectivity index (χ0v) is 12.2. The summed E-state index contributed by atoms with van der Waals surface area (Å²) in [7, 11) is 0. The predicted octanol–water partition coefficient (Wildman–Crippen LogP) is 5.11. The van der Waals surface area contributed by atoms with E-state index < -0.39 is 0 Å². The number of para-hydroxylation sites is 2. The normalized spacial score (nSPS) is 10.4. The molecule has 0 saturated carbocycles. The highest BCUT2D eigenvalue weighted by Crippen LogP contribution is 2.24. The quantitative estimate of drug-likeness (QED) is 0.810. The van der Waals surface area contributed by atoms with Crippen LogP contribution in [0.5, 0.6) is 0 Å². The molecule has 0 aliphatic carbocycles. The van der Waals surface area contributed by atoms with Gasteiger partial charge >= 0.3 is 6.03 Å². The monoisotopic (exact) mass is 288 g/mol. The van der Waals surface area contributed by atoms with Crippen molar-refractivity contribution in [3.8, 4) is 0 Å². The fourth-order valence-corrected chi connectivity index (χ4v) is 2.14. The summed E-state index contributed by atoms with van der Waals surface area (Å²) >= 11 is 6.01. The average molecular weight is 289 g/mol. The van der Waals surface area contributed by atoms with Gasteiger partial charge in [0.15, 0.2) is 0 Å². The Bertz CT molecular complexity index is 611. The molecule has 104 valence electrons. The summed E-state index contributed by atoms with van der Waals surface area (Å²) in [4.78, 5) is 12.0. The van der Waals surface area contributed by atoms with Crippen molar-refractivity contribution in [2.75, 3.05) is 10.6 Å². The van der Waals surface area contributed by atoms with Gasteiger partial charge in [0.2, 0.25) is 0 Å². The molecule has 20 heavy (non-hydrogen) atoms. The minimum Gasteiger partial charge on any atom is -0.307 e. The van der Waals surface area contributed by atoms with Gasteiger partial charge in [-0.2, -0.15) is 0 Å². The summed E-state index contributed by atoms with van der Waals surface area (Å²) in [5, 5.41) is 6.12. The molecule has 2 rings (SSSR count). The van der Waals surface area contributed by atoms with Gasteiger partial charge in [-0.15, -0.1) is 0 Å². The molecule has 0 unspecified atom stereocenters. The minimum absolute atomic E-state index is 0.300. The second-order valence-electron chi connectivity index (χ2n) is 4.80. The smallest absolute Gasteiger partial charge is 0.307 e. The Kier molecular flexibility index (Phi) is 4.64. The van der Waals surface area contributed by atoms with Gasteiger partial charge in [0.25, 0.3) is 0 Å². The van der Waals surface area contributed by atoms with E-state index >= 15 is 0 Å². The van der Waals surface area contributed by atoms with Crippen LogP contribution in [-0.4, -0.2) is 6.03 Å². The molecule has 0 spiro atoms. The molecule has 0 aliphatic rings. The van der Waals surface area contributed by atoms with Gasteiger partial charge in [-0.3, -0.25) is 0 Å². The highest BCUT2D eigenvalue weighted by atomic mass is 35.5. The number of urea groups is 1. The molecular formula is C16H17ClN2O. The number of hydrogen-bond donors (Lipinski definition) is 2. The van der Waals surface area contributed by atoms with Crippen molar-refractivity contribution < 1.29 is 4.79 Å². The van der Waals surface area contributed by atoms with E-state index in [0.29, 0.717) is 16.6 Å². The van der Waals surface area contributed by atoms with E-state index in [1.807, 2.05) is 36.4 Å². The van der Waals surface area contributed by atoms with Crippen LogP contribution in [-0.2, 0) is 0 Å². The van der Waals surface area contributed by atoms with Gasteiger partial charge in [0.05, 0.1) is 10.7 Å². The molecule has 2 aromatic carbocycles. The van der Waals surface area contributed by atoms with Crippen molar-refractivity contribution in [3.05, 3.63) is 59.1 Å². The highest BCUT2D eigenvalue weighted by Gasteiger charge is 2.10. The summed E-state index contributed by atoms with van der Waals surface area (Å²) < 4.78 is 0. The van der Waals surface area contributed by atoms with Crippen LogP contribution in [0.3, 0.4) is 0 Å². The Balaban J connectivity index is 2.11. The van der Waals surface area contributed by atoms with Crippen molar-refractivity contribution in [1.29, 1.82) is 0 Å². The maximum absolute atomic E-state index is 12.0. The molecule has 0 heterocycles. The standard InChI is InChI=1S/C16H17ClN2O/c1-11(2)12-7-3-5-9-14(12)18-16(20)19-15-10-6-4-8-13(15)17/h3-11H,1-2H3,(H2,18,19,20). The number of rotatable bonds is 3. The molecule has 0 bridgehead atoms. The number of hydrogen-bond acceptors (Lipinski definition) is 1. The van der Waals surface area contributed by atoms with Crippen LogP contribution in [0.25, 0.3) is 0 Å². The van der Waals surface area contributed by atoms with E-state index in [1.165, 1.54) is 0 Å². The van der Waals surface area contributed by atoms with E-state index in [1.54, 1.807) is 12.1 Å². The minimum atomic E-state index is -0.300. The van der Waals surface area contributed by atoms with Gasteiger partial charge in [-0.1, -0.05) is 55.8 Å². The van der Waals surface area contributed by atoms with Crippen LogP contribution in [0.2, 0.25) is 5.02 Å². The first-order valence-corrected chi connectivity index (χ1v) is 6.87. The average Bonchev–Trinajstić information content (AvgIpc) is 2.41. The molecule has 0 aliphatic heterocycles. The molecule has 4 heteroatoms. The van der Waals surface area contributed by atoms with Crippen molar-refractivity contribution in [2.45, 2.75) is 19.8 Å². The van der Waals surface area contributed by atoms with Crippen molar-refractivity contribution in [3.63, 3.8) is 0 Å². The fraction of sp³-hybridized carbons (Fsp3) is 0.188. The van der Waals surface area contributed by atoms with Gasteiger partial charge in [0, 0.05) is 5.69 Å². The number of carbonyl (C=O) groups excluding carboxylic acids is 1. The third-order valence-corrected chi connectivity index (χ3v) is 3.28. The third kappa shape index (κ3) is 3.52. The van der Waals surface area contributed by atoms with Gasteiger partial charge in [-0.25, -0.2) is 4.79 Å². The Morgan fingerprint density at radius 3 is 2.15 bits per heavy atom. The number of benzene rings is 2. The number of carbonyl (C=O) groups is 1. The lowest BCUT2D eigenvalue weighted by Gasteiger charge is -2.14. The SMILES string of the molecule is CC(C)c1ccccc1NC(=O)Nc1ccccc1Cl. The van der Waals surface area contributed by atoms with Crippen LogP contribution < -0.4 is 10.6 Å². The Labute approximate surface area is 124 Å².